The normalized spacial score (nSPS) is 26.0. The first-order valence-corrected chi connectivity index (χ1v) is 9.60. The fourth-order valence-corrected chi connectivity index (χ4v) is 3.46. The molecule has 164 valence electrons. The van der Waals surface area contributed by atoms with E-state index in [0.717, 1.165) is 0 Å². The van der Waals surface area contributed by atoms with Gasteiger partial charge in [-0.25, -0.2) is 0 Å². The van der Waals surface area contributed by atoms with Crippen LogP contribution in [0.2, 0.25) is 0 Å². The summed E-state index contributed by atoms with van der Waals surface area (Å²) < 4.78 is 22.0. The number of ether oxygens (including phenoxy) is 3. The Morgan fingerprint density at radius 2 is 1.68 bits per heavy atom. The van der Waals surface area contributed by atoms with Crippen molar-refractivity contribution in [2.45, 2.75) is 37.6 Å². The molecule has 1 aliphatic heterocycles. The first-order chi connectivity index (χ1) is 14.8. The van der Waals surface area contributed by atoms with Crippen molar-refractivity contribution in [3.63, 3.8) is 0 Å². The Balaban J connectivity index is 1.74. The molecule has 0 saturated carbocycles. The maximum absolute atomic E-state index is 12.9. The van der Waals surface area contributed by atoms with Crippen LogP contribution < -0.4 is 14.9 Å². The number of methoxy groups -OCH3 is 1. The summed E-state index contributed by atoms with van der Waals surface area (Å²) in [6.45, 7) is 1.51. The summed E-state index contributed by atoms with van der Waals surface area (Å²) >= 11 is 0. The molecule has 5 atom stereocenters. The highest BCUT2D eigenvalue weighted by Crippen LogP contribution is 2.34. The lowest BCUT2D eigenvalue weighted by Crippen LogP contribution is -2.58. The summed E-state index contributed by atoms with van der Waals surface area (Å²) in [4.78, 5) is 12.9. The largest absolute Gasteiger partial charge is 0.508 e. The van der Waals surface area contributed by atoms with Crippen LogP contribution in [0.3, 0.4) is 0 Å². The lowest BCUT2D eigenvalue weighted by molar-refractivity contribution is -0.267. The molecule has 4 rings (SSSR count). The van der Waals surface area contributed by atoms with Crippen LogP contribution in [0, 0.1) is 0 Å². The summed E-state index contributed by atoms with van der Waals surface area (Å²) in [6, 6.07) is 10.6. The van der Waals surface area contributed by atoms with E-state index in [4.69, 9.17) is 18.6 Å². The molecule has 4 N–H and O–H groups in total. The van der Waals surface area contributed by atoms with E-state index in [9.17, 15) is 25.2 Å². The molecule has 3 aromatic rings. The fourth-order valence-electron chi connectivity index (χ4n) is 3.46. The first-order valence-electron chi connectivity index (χ1n) is 9.60. The molecule has 2 aromatic carbocycles. The van der Waals surface area contributed by atoms with Crippen LogP contribution >= 0.6 is 0 Å². The van der Waals surface area contributed by atoms with E-state index in [1.165, 1.54) is 25.1 Å². The zero-order valence-electron chi connectivity index (χ0n) is 16.8. The number of benzene rings is 2. The zero-order valence-corrected chi connectivity index (χ0v) is 16.8. The minimum atomic E-state index is -1.57. The van der Waals surface area contributed by atoms with Crippen LogP contribution in [0.1, 0.15) is 6.92 Å². The van der Waals surface area contributed by atoms with Gasteiger partial charge in [-0.2, -0.15) is 0 Å². The van der Waals surface area contributed by atoms with Gasteiger partial charge in [0.25, 0.3) is 0 Å². The van der Waals surface area contributed by atoms with Crippen LogP contribution in [-0.2, 0) is 4.74 Å². The monoisotopic (exact) mass is 430 g/mol. The van der Waals surface area contributed by atoms with Gasteiger partial charge in [-0.1, -0.05) is 0 Å². The third-order valence-corrected chi connectivity index (χ3v) is 5.21. The van der Waals surface area contributed by atoms with Gasteiger partial charge in [-0.05, 0) is 31.2 Å². The third-order valence-electron chi connectivity index (χ3n) is 5.21. The molecule has 9 heteroatoms. The molecule has 0 aliphatic carbocycles. The van der Waals surface area contributed by atoms with Crippen molar-refractivity contribution in [1.82, 2.24) is 0 Å². The van der Waals surface area contributed by atoms with Crippen LogP contribution in [0.5, 0.6) is 17.2 Å². The van der Waals surface area contributed by atoms with E-state index >= 15 is 0 Å². The number of phenolic OH excluding ortho intramolecular Hbond substituents is 1. The molecule has 0 amide bonds. The molecule has 1 fully saturated rings. The third kappa shape index (κ3) is 3.96. The van der Waals surface area contributed by atoms with E-state index < -0.39 is 36.1 Å². The van der Waals surface area contributed by atoms with Crippen molar-refractivity contribution in [2.24, 2.45) is 0 Å². The number of fused-ring (bicyclic) bond motifs is 1. The topological polar surface area (TPSA) is 139 Å². The lowest BCUT2D eigenvalue weighted by Gasteiger charge is -2.38. The fraction of sp³-hybridized carbons (Fsp3) is 0.318. The van der Waals surface area contributed by atoms with E-state index in [1.54, 1.807) is 31.4 Å². The van der Waals surface area contributed by atoms with Gasteiger partial charge >= 0.3 is 0 Å². The molecule has 1 aromatic heterocycles. The van der Waals surface area contributed by atoms with Crippen LogP contribution in [0.4, 0.5) is 0 Å². The van der Waals surface area contributed by atoms with Gasteiger partial charge in [0.05, 0.1) is 13.2 Å². The maximum Gasteiger partial charge on any atom is 0.229 e. The van der Waals surface area contributed by atoms with Crippen molar-refractivity contribution < 1.29 is 39.1 Å². The molecule has 1 unspecified atom stereocenters. The van der Waals surface area contributed by atoms with Gasteiger partial charge in [0.1, 0.15) is 52.3 Å². The number of aromatic hydroxyl groups is 1. The van der Waals surface area contributed by atoms with E-state index in [-0.39, 0.29) is 28.2 Å². The second kappa shape index (κ2) is 8.20. The standard InChI is InChI=1S/C22H22O9/c1-10-19(25)20(26)21(27)22(29-10)31-17-8-12(23)7-16-18(17)14(24)9-15(30-16)11-3-5-13(28-2)6-4-11/h3-10,19-23,25-27H,1-2H3/t10-,19-,20+,21+,22?/m1/s1. The van der Waals surface area contributed by atoms with Crippen molar-refractivity contribution in [2.75, 3.05) is 7.11 Å². The highest BCUT2D eigenvalue weighted by molar-refractivity contribution is 5.86. The van der Waals surface area contributed by atoms with Gasteiger partial charge in [0.2, 0.25) is 6.29 Å². The predicted octanol–water partition coefficient (Wildman–Crippen LogP) is 1.38. The summed E-state index contributed by atoms with van der Waals surface area (Å²) in [5.74, 6) is 0.590. The Hall–Kier alpha value is -3.11. The molecule has 31 heavy (non-hydrogen) atoms. The van der Waals surface area contributed by atoms with Crippen LogP contribution in [0.25, 0.3) is 22.3 Å². The number of aliphatic hydroxyl groups excluding tert-OH is 3. The van der Waals surface area contributed by atoms with Gasteiger partial charge in [0.15, 0.2) is 5.43 Å². The molecular weight excluding hydrogens is 408 g/mol. The number of aliphatic hydroxyl groups is 3. The smallest absolute Gasteiger partial charge is 0.229 e. The summed E-state index contributed by atoms with van der Waals surface area (Å²) in [5, 5.41) is 40.2. The minimum Gasteiger partial charge on any atom is -0.508 e. The minimum absolute atomic E-state index is 0.0270. The average Bonchev–Trinajstić information content (AvgIpc) is 2.75. The van der Waals surface area contributed by atoms with E-state index in [2.05, 4.69) is 0 Å². The highest BCUT2D eigenvalue weighted by Gasteiger charge is 2.43. The Labute approximate surface area is 176 Å². The van der Waals surface area contributed by atoms with Crippen molar-refractivity contribution >= 4 is 11.0 Å². The van der Waals surface area contributed by atoms with Crippen molar-refractivity contribution in [3.05, 3.63) is 52.7 Å². The van der Waals surface area contributed by atoms with Crippen molar-refractivity contribution in [1.29, 1.82) is 0 Å². The number of hydrogen-bond acceptors (Lipinski definition) is 9. The maximum atomic E-state index is 12.9. The Bertz CT molecular complexity index is 1140. The van der Waals surface area contributed by atoms with Gasteiger partial charge < -0.3 is 39.1 Å². The Morgan fingerprint density at radius 3 is 2.35 bits per heavy atom. The summed E-state index contributed by atoms with van der Waals surface area (Å²) in [7, 11) is 1.54. The first kappa shape index (κ1) is 21.1. The number of hydrogen-bond donors (Lipinski definition) is 4. The summed E-state index contributed by atoms with van der Waals surface area (Å²) in [5.41, 5.74) is 0.246. The molecule has 0 bridgehead atoms. The second-order valence-electron chi connectivity index (χ2n) is 7.32. The second-order valence-corrected chi connectivity index (χ2v) is 7.32. The number of rotatable bonds is 4. The predicted molar refractivity (Wildman–Crippen MR) is 109 cm³/mol. The molecule has 1 saturated heterocycles. The molecule has 2 heterocycles. The lowest BCUT2D eigenvalue weighted by atomic mass is 10.00. The van der Waals surface area contributed by atoms with Gasteiger partial charge in [-0.15, -0.1) is 0 Å². The van der Waals surface area contributed by atoms with Crippen LogP contribution in [0.15, 0.2) is 51.7 Å². The Morgan fingerprint density at radius 1 is 0.968 bits per heavy atom. The SMILES string of the molecule is COc1ccc(-c2cc(=O)c3c(OC4O[C@H](C)[C@@H](O)[C@H](O)[C@@H]4O)cc(O)cc3o2)cc1. The molecule has 0 radical (unpaired) electrons. The average molecular weight is 430 g/mol. The Kier molecular flexibility index (Phi) is 5.59. The number of phenols is 1. The van der Waals surface area contributed by atoms with Gasteiger partial charge in [0, 0.05) is 23.8 Å². The molecule has 1 aliphatic rings. The quantitative estimate of drug-likeness (QED) is 0.483. The molecule has 9 nitrogen and oxygen atoms in total. The molecular formula is C22H22O9. The van der Waals surface area contributed by atoms with E-state index in [0.29, 0.717) is 11.3 Å². The van der Waals surface area contributed by atoms with Crippen LogP contribution in [-0.4, -0.2) is 58.2 Å². The van der Waals surface area contributed by atoms with E-state index in [1.807, 2.05) is 0 Å². The highest BCUT2D eigenvalue weighted by atomic mass is 16.7. The zero-order chi connectivity index (χ0) is 22.3. The summed E-state index contributed by atoms with van der Waals surface area (Å²) in [6.07, 6.45) is -6.58. The van der Waals surface area contributed by atoms with Crippen molar-refractivity contribution in [3.8, 4) is 28.6 Å². The molecule has 0 spiro atoms. The van der Waals surface area contributed by atoms with Gasteiger partial charge in [-0.3, -0.25) is 4.79 Å².